The summed E-state index contributed by atoms with van der Waals surface area (Å²) < 4.78 is 5.32. The molecule has 0 aromatic heterocycles. The van der Waals surface area contributed by atoms with Crippen LogP contribution in [0, 0.1) is 0 Å². The molecule has 0 radical (unpaired) electrons. The number of rotatable bonds is 6. The summed E-state index contributed by atoms with van der Waals surface area (Å²) >= 11 is 0. The first-order chi connectivity index (χ1) is 7.33. The van der Waals surface area contributed by atoms with Crippen LogP contribution in [0.15, 0.2) is 0 Å². The van der Waals surface area contributed by atoms with Crippen molar-refractivity contribution in [2.75, 3.05) is 6.61 Å². The van der Waals surface area contributed by atoms with Crippen LogP contribution in [0.25, 0.3) is 0 Å². The van der Waals surface area contributed by atoms with Crippen molar-refractivity contribution in [1.29, 1.82) is 0 Å². The standard InChI is InChI=1S/C11H21NO3/c1-2-3-4-7-10(13)12-15-11-8-5-6-9-14-11/h11H,2-9H2,1H3,(H,12,13). The molecule has 1 amide bonds. The Bertz CT molecular complexity index is 179. The second-order valence-electron chi connectivity index (χ2n) is 3.90. The van der Waals surface area contributed by atoms with Gasteiger partial charge in [-0.1, -0.05) is 19.8 Å². The first-order valence-electron chi connectivity index (χ1n) is 5.89. The SMILES string of the molecule is CCCCCC(=O)NOC1CCCCO1. The van der Waals surface area contributed by atoms with Crippen LogP contribution in [0.3, 0.4) is 0 Å². The fourth-order valence-corrected chi connectivity index (χ4v) is 1.52. The van der Waals surface area contributed by atoms with Gasteiger partial charge in [0.25, 0.3) is 0 Å². The van der Waals surface area contributed by atoms with Gasteiger partial charge >= 0.3 is 0 Å². The van der Waals surface area contributed by atoms with Crippen molar-refractivity contribution >= 4 is 5.91 Å². The van der Waals surface area contributed by atoms with Crippen molar-refractivity contribution < 1.29 is 14.4 Å². The summed E-state index contributed by atoms with van der Waals surface area (Å²) in [6, 6.07) is 0. The summed E-state index contributed by atoms with van der Waals surface area (Å²) in [7, 11) is 0. The van der Waals surface area contributed by atoms with Gasteiger partial charge in [-0.05, 0) is 19.3 Å². The predicted molar refractivity (Wildman–Crippen MR) is 57.0 cm³/mol. The third kappa shape index (κ3) is 5.74. The number of hydrogen-bond acceptors (Lipinski definition) is 3. The van der Waals surface area contributed by atoms with E-state index in [9.17, 15) is 4.79 Å². The van der Waals surface area contributed by atoms with E-state index >= 15 is 0 Å². The topological polar surface area (TPSA) is 47.6 Å². The lowest BCUT2D eigenvalue weighted by atomic mass is 10.2. The van der Waals surface area contributed by atoms with Crippen molar-refractivity contribution in [3.63, 3.8) is 0 Å². The van der Waals surface area contributed by atoms with Crippen LogP contribution in [0.5, 0.6) is 0 Å². The molecule has 15 heavy (non-hydrogen) atoms. The molecule has 1 aliphatic rings. The fraction of sp³-hybridized carbons (Fsp3) is 0.909. The van der Waals surface area contributed by atoms with Crippen LogP contribution in [0.4, 0.5) is 0 Å². The molecule has 1 rings (SSSR count). The highest BCUT2D eigenvalue weighted by Crippen LogP contribution is 2.12. The second kappa shape index (κ2) is 7.65. The summed E-state index contributed by atoms with van der Waals surface area (Å²) in [5.74, 6) is -0.0439. The maximum atomic E-state index is 11.3. The molecule has 1 atom stereocenters. The summed E-state index contributed by atoms with van der Waals surface area (Å²) in [6.45, 7) is 2.85. The lowest BCUT2D eigenvalue weighted by Gasteiger charge is -2.22. The summed E-state index contributed by atoms with van der Waals surface area (Å²) in [5.41, 5.74) is 2.45. The molecule has 1 N–H and O–H groups in total. The van der Waals surface area contributed by atoms with E-state index in [4.69, 9.17) is 9.57 Å². The van der Waals surface area contributed by atoms with Gasteiger partial charge < -0.3 is 4.74 Å². The van der Waals surface area contributed by atoms with Crippen LogP contribution in [0.1, 0.15) is 51.9 Å². The molecule has 0 saturated carbocycles. The van der Waals surface area contributed by atoms with E-state index in [1.165, 1.54) is 0 Å². The maximum Gasteiger partial charge on any atom is 0.243 e. The number of carbonyl (C=O) groups excluding carboxylic acids is 1. The normalized spacial score (nSPS) is 21.3. The Morgan fingerprint density at radius 2 is 2.33 bits per heavy atom. The number of amides is 1. The summed E-state index contributed by atoms with van der Waals surface area (Å²) in [5, 5.41) is 0. The van der Waals surface area contributed by atoms with Crippen molar-refractivity contribution in [2.24, 2.45) is 0 Å². The van der Waals surface area contributed by atoms with Crippen LogP contribution in [0.2, 0.25) is 0 Å². The van der Waals surface area contributed by atoms with E-state index in [0.717, 1.165) is 45.1 Å². The average Bonchev–Trinajstić information content (AvgIpc) is 2.28. The highest BCUT2D eigenvalue weighted by molar-refractivity contribution is 5.74. The Balaban J connectivity index is 2.00. The van der Waals surface area contributed by atoms with E-state index in [0.29, 0.717) is 6.42 Å². The first-order valence-corrected chi connectivity index (χ1v) is 5.89. The summed E-state index contributed by atoms with van der Waals surface area (Å²) in [4.78, 5) is 16.4. The van der Waals surface area contributed by atoms with E-state index in [-0.39, 0.29) is 12.2 Å². The Morgan fingerprint density at radius 3 is 3.00 bits per heavy atom. The van der Waals surface area contributed by atoms with Crippen LogP contribution >= 0.6 is 0 Å². The minimum atomic E-state index is -0.242. The van der Waals surface area contributed by atoms with Crippen molar-refractivity contribution in [1.82, 2.24) is 5.48 Å². The maximum absolute atomic E-state index is 11.3. The Kier molecular flexibility index (Phi) is 6.36. The zero-order valence-electron chi connectivity index (χ0n) is 9.46. The molecule has 1 saturated heterocycles. The molecular weight excluding hydrogens is 194 g/mol. The second-order valence-corrected chi connectivity index (χ2v) is 3.90. The fourth-order valence-electron chi connectivity index (χ4n) is 1.52. The summed E-state index contributed by atoms with van der Waals surface area (Å²) in [6.07, 6.45) is 6.51. The molecule has 0 bridgehead atoms. The van der Waals surface area contributed by atoms with Crippen molar-refractivity contribution in [3.8, 4) is 0 Å². The van der Waals surface area contributed by atoms with Crippen molar-refractivity contribution in [3.05, 3.63) is 0 Å². The molecular formula is C11H21NO3. The minimum Gasteiger partial charge on any atom is -0.350 e. The molecule has 1 heterocycles. The quantitative estimate of drug-likeness (QED) is 0.545. The minimum absolute atomic E-state index is 0.0439. The molecule has 88 valence electrons. The van der Waals surface area contributed by atoms with Crippen LogP contribution < -0.4 is 5.48 Å². The monoisotopic (exact) mass is 215 g/mol. The van der Waals surface area contributed by atoms with E-state index in [1.807, 2.05) is 0 Å². The average molecular weight is 215 g/mol. The largest absolute Gasteiger partial charge is 0.350 e. The zero-order valence-corrected chi connectivity index (χ0v) is 9.46. The highest BCUT2D eigenvalue weighted by Gasteiger charge is 2.15. The number of hydrogen-bond donors (Lipinski definition) is 1. The number of ether oxygens (including phenoxy) is 1. The number of hydroxylamine groups is 1. The van der Waals surface area contributed by atoms with Gasteiger partial charge in [0.2, 0.25) is 5.91 Å². The third-order valence-electron chi connectivity index (χ3n) is 2.45. The molecule has 0 aliphatic carbocycles. The Morgan fingerprint density at radius 1 is 1.47 bits per heavy atom. The Labute approximate surface area is 91.3 Å². The number of unbranched alkanes of at least 4 members (excludes halogenated alkanes) is 2. The molecule has 1 unspecified atom stereocenters. The number of nitrogens with one attached hydrogen (secondary N) is 1. The third-order valence-corrected chi connectivity index (χ3v) is 2.45. The van der Waals surface area contributed by atoms with Crippen LogP contribution in [-0.2, 0) is 14.4 Å². The van der Waals surface area contributed by atoms with Gasteiger partial charge in [-0.25, -0.2) is 10.3 Å². The molecule has 1 fully saturated rings. The van der Waals surface area contributed by atoms with Gasteiger partial charge in [-0.3, -0.25) is 4.79 Å². The van der Waals surface area contributed by atoms with Gasteiger partial charge in [0, 0.05) is 19.4 Å². The van der Waals surface area contributed by atoms with E-state index < -0.39 is 0 Å². The van der Waals surface area contributed by atoms with Gasteiger partial charge in [0.05, 0.1) is 0 Å². The molecule has 0 spiro atoms. The van der Waals surface area contributed by atoms with Gasteiger partial charge in [-0.15, -0.1) is 0 Å². The molecule has 1 aliphatic heterocycles. The van der Waals surface area contributed by atoms with E-state index in [1.54, 1.807) is 0 Å². The first kappa shape index (κ1) is 12.5. The smallest absolute Gasteiger partial charge is 0.243 e. The lowest BCUT2D eigenvalue weighted by molar-refractivity contribution is -0.200. The molecule has 4 heteroatoms. The van der Waals surface area contributed by atoms with Gasteiger partial charge in [-0.2, -0.15) is 0 Å². The van der Waals surface area contributed by atoms with Gasteiger partial charge in [0.1, 0.15) is 0 Å². The highest BCUT2D eigenvalue weighted by atomic mass is 16.8. The predicted octanol–water partition coefficient (Wildman–Crippen LogP) is 2.14. The molecule has 0 aromatic rings. The zero-order chi connectivity index (χ0) is 10.9. The van der Waals surface area contributed by atoms with E-state index in [2.05, 4.69) is 12.4 Å². The lowest BCUT2D eigenvalue weighted by Crippen LogP contribution is -2.32. The van der Waals surface area contributed by atoms with Crippen LogP contribution in [-0.4, -0.2) is 18.8 Å². The number of carbonyl (C=O) groups is 1. The molecule has 0 aromatic carbocycles. The Hall–Kier alpha value is -0.610. The van der Waals surface area contributed by atoms with Crippen molar-refractivity contribution in [2.45, 2.75) is 58.2 Å². The molecule has 4 nitrogen and oxygen atoms in total. The van der Waals surface area contributed by atoms with Gasteiger partial charge in [0.15, 0.2) is 6.29 Å².